The summed E-state index contributed by atoms with van der Waals surface area (Å²) in [6.45, 7) is 11.4. The van der Waals surface area contributed by atoms with Crippen LogP contribution in [0.25, 0.3) is 0 Å². The van der Waals surface area contributed by atoms with E-state index in [4.69, 9.17) is 34.2 Å². The van der Waals surface area contributed by atoms with Crippen LogP contribution < -0.4 is 33.2 Å². The molecule has 0 radical (unpaired) electrons. The summed E-state index contributed by atoms with van der Waals surface area (Å²) in [4.78, 5) is 57.1. The summed E-state index contributed by atoms with van der Waals surface area (Å²) >= 11 is 0. The number of nitrogens with one attached hydrogen (secondary N) is 3. The zero-order valence-corrected chi connectivity index (χ0v) is 31.4. The van der Waals surface area contributed by atoms with E-state index < -0.39 is 53.3 Å². The van der Waals surface area contributed by atoms with Crippen molar-refractivity contribution < 1.29 is 73.5 Å². The summed E-state index contributed by atoms with van der Waals surface area (Å²) in [7, 11) is 0. The maximum Gasteiger partial charge on any atom is 0.408 e. The second kappa shape index (κ2) is 23.3. The third kappa shape index (κ3) is 27.0. The molecule has 2 unspecified atom stereocenters. The summed E-state index contributed by atoms with van der Waals surface area (Å²) < 4.78 is 30.7. The molecule has 0 aromatic heterocycles. The minimum absolute atomic E-state index is 0. The number of hydrogen-bond acceptors (Lipinski definition) is 9. The molecule has 0 aliphatic heterocycles. The third-order valence-electron chi connectivity index (χ3n) is 5.14. The molecular formula is C30H54N6O8U. The molecule has 14 nitrogen and oxygen atoms in total. The number of hydrogen-bond donors (Lipinski definition) is 6. The first kappa shape index (κ1) is 40.0. The molecule has 0 spiro atoms. The Morgan fingerprint density at radius 3 is 1.67 bits per heavy atom. The number of benzene rings is 1. The number of unbranched alkanes of at least 4 members (excludes halogenated alkanes) is 2. The van der Waals surface area contributed by atoms with Gasteiger partial charge in [0.15, 0.2) is 0 Å². The average Bonchev–Trinajstić information content (AvgIpc) is 2.90. The zero-order chi connectivity index (χ0) is 35.6. The van der Waals surface area contributed by atoms with Crippen molar-refractivity contribution in [1.29, 1.82) is 0 Å². The van der Waals surface area contributed by atoms with E-state index in [9.17, 15) is 24.0 Å². The Labute approximate surface area is 294 Å². The van der Waals surface area contributed by atoms with Gasteiger partial charge in [-0.3, -0.25) is 9.59 Å². The Kier molecular flexibility index (Phi) is 20.7. The van der Waals surface area contributed by atoms with Gasteiger partial charge in [-0.2, -0.15) is 0 Å². The van der Waals surface area contributed by atoms with Crippen LogP contribution in [-0.4, -0.2) is 66.4 Å². The molecule has 1 rings (SSSR count). The van der Waals surface area contributed by atoms with E-state index in [0.717, 1.165) is 5.56 Å². The maximum absolute atomic E-state index is 11.9. The van der Waals surface area contributed by atoms with Crippen LogP contribution >= 0.6 is 0 Å². The number of rotatable bonds is 15. The predicted octanol–water partition coefficient (Wildman–Crippen LogP) is 3.20. The second-order valence-corrected chi connectivity index (χ2v) is 11.7. The van der Waals surface area contributed by atoms with Gasteiger partial charge in [0.25, 0.3) is 0 Å². The number of alkyl carbamates (subject to hydrolysis) is 3. The molecule has 5 amide bonds. The van der Waals surface area contributed by atoms with Gasteiger partial charge in [0, 0.05) is 45.6 Å². The van der Waals surface area contributed by atoms with Crippen molar-refractivity contribution in [3.05, 3.63) is 35.9 Å². The Bertz CT molecular complexity index is 1140. The van der Waals surface area contributed by atoms with Gasteiger partial charge in [0.1, 0.15) is 23.8 Å². The van der Waals surface area contributed by atoms with E-state index >= 15 is 0 Å². The van der Waals surface area contributed by atoms with Gasteiger partial charge in [-0.25, -0.2) is 14.4 Å². The molecule has 256 valence electrons. The molecule has 0 saturated carbocycles. The molecule has 0 heterocycles. The van der Waals surface area contributed by atoms with Crippen molar-refractivity contribution in [3.63, 3.8) is 0 Å². The van der Waals surface area contributed by atoms with Crippen molar-refractivity contribution in [1.82, 2.24) is 16.0 Å². The van der Waals surface area contributed by atoms with Crippen LogP contribution in [0, 0.1) is 31.1 Å². The molecular weight excluding hydrogens is 810 g/mol. The average molecular weight is 869 g/mol. The first-order valence-corrected chi connectivity index (χ1v) is 14.4. The number of carbonyl (C=O) groups is 5. The summed E-state index contributed by atoms with van der Waals surface area (Å²) in [6, 6.07) is 5.30. The third-order valence-corrected chi connectivity index (χ3v) is 5.14. The van der Waals surface area contributed by atoms with E-state index in [1.54, 1.807) is 65.8 Å². The standard InChI is InChI=1S/C19H29N3O5.C11H23N3O3.U.H2/c1-19(2,3)27-17(24)21-12-8-7-11-15(16(20)23)22-18(25)26-13-14-9-5-4-6-10-14;1-11(2,3)17-10(16)14-7-5-4-6-8(12)9(13)15;;/h4-6,9-10,15H,7-8,11-13H2,1-3H3,(H2,20,23)(H,21,24)(H,22,25);8H,4-7,12H2,1-3H3,(H2,13,15)(H,14,16);;1H/i15D;8D;;1+2. The summed E-state index contributed by atoms with van der Waals surface area (Å²) in [6.07, 6.45) is 0.212. The number of amides is 5. The van der Waals surface area contributed by atoms with Crippen molar-refractivity contribution >= 4 is 30.1 Å². The monoisotopic (exact) mass is 868 g/mol. The SMILES string of the molecule is [2H]C(CCCCNC(=O)OC(C)(C)C)(NC(=O)OCc1ccccc1)C(N)=O.[2H]C(N)(CCCCNC(=O)OC(C)(C)C)C(N)=O.[3HH].[U]. The van der Waals surface area contributed by atoms with Gasteiger partial charge in [-0.15, -0.1) is 0 Å². The molecule has 0 fully saturated rings. The summed E-state index contributed by atoms with van der Waals surface area (Å²) in [5, 5.41) is 7.37. The molecule has 0 saturated heterocycles. The van der Waals surface area contributed by atoms with Gasteiger partial charge in [-0.1, -0.05) is 30.3 Å². The Morgan fingerprint density at radius 2 is 1.24 bits per heavy atom. The fourth-order valence-corrected chi connectivity index (χ4v) is 3.13. The Morgan fingerprint density at radius 1 is 0.778 bits per heavy atom. The molecule has 2 atom stereocenters. The molecule has 9 N–H and O–H groups in total. The first-order chi connectivity index (χ1) is 21.1. The maximum atomic E-state index is 11.9. The predicted molar refractivity (Wildman–Crippen MR) is 168 cm³/mol. The normalized spacial score (nSPS) is 14.1. The molecule has 1 aromatic carbocycles. The molecule has 15 heteroatoms. The van der Waals surface area contributed by atoms with Crippen LogP contribution in [0.3, 0.4) is 0 Å². The van der Waals surface area contributed by atoms with E-state index in [1.165, 1.54) is 0 Å². The van der Waals surface area contributed by atoms with E-state index in [1.807, 2.05) is 6.07 Å². The second-order valence-electron chi connectivity index (χ2n) is 11.7. The topological polar surface area (TPSA) is 227 Å². The Hall–Kier alpha value is -3.02. The fraction of sp³-hybridized carbons (Fsp3) is 0.633. The minimum atomic E-state index is -1.99. The largest absolute Gasteiger partial charge is 0.445 e. The van der Waals surface area contributed by atoms with Crippen LogP contribution in [0.4, 0.5) is 14.4 Å². The summed E-state index contributed by atoms with van der Waals surface area (Å²) in [5.74, 6) is -1.83. The number of ether oxygens (including phenoxy) is 3. The number of primary amides is 2. The van der Waals surface area contributed by atoms with Crippen molar-refractivity contribution in [2.45, 2.75) is 110 Å². The smallest absolute Gasteiger partial charge is 0.408 e. The molecule has 0 aliphatic rings. The van der Waals surface area contributed by atoms with Crippen LogP contribution in [0.15, 0.2) is 30.3 Å². The zero-order valence-electron chi connectivity index (χ0n) is 29.2. The minimum Gasteiger partial charge on any atom is -0.445 e. The molecule has 1 aromatic rings. The molecule has 45 heavy (non-hydrogen) atoms. The van der Waals surface area contributed by atoms with Crippen molar-refractivity contribution in [3.8, 4) is 0 Å². The molecule has 0 aliphatic carbocycles. The van der Waals surface area contributed by atoms with Crippen LogP contribution in [0.5, 0.6) is 0 Å². The molecule has 0 bridgehead atoms. The van der Waals surface area contributed by atoms with Crippen LogP contribution in [0.2, 0.25) is 0 Å². The van der Waals surface area contributed by atoms with Crippen molar-refractivity contribution in [2.75, 3.05) is 13.1 Å². The summed E-state index contributed by atoms with van der Waals surface area (Å²) in [5.41, 5.74) is 15.3. The van der Waals surface area contributed by atoms with E-state index in [0.29, 0.717) is 38.8 Å². The number of nitrogens with two attached hydrogens (primary N) is 3. The van der Waals surface area contributed by atoms with Gasteiger partial charge in [-0.05, 0) is 85.6 Å². The van der Waals surface area contributed by atoms with Gasteiger partial charge in [0.2, 0.25) is 11.8 Å². The van der Waals surface area contributed by atoms with E-state index in [2.05, 4.69) is 16.0 Å². The first-order valence-electron chi connectivity index (χ1n) is 15.4. The van der Waals surface area contributed by atoms with Gasteiger partial charge < -0.3 is 47.4 Å². The van der Waals surface area contributed by atoms with Crippen LogP contribution in [0.1, 0.15) is 89.8 Å². The quantitative estimate of drug-likeness (QED) is 0.112. The van der Waals surface area contributed by atoms with Crippen LogP contribution in [-0.2, 0) is 30.4 Å². The van der Waals surface area contributed by atoms with Crippen molar-refractivity contribution in [2.24, 2.45) is 17.2 Å². The van der Waals surface area contributed by atoms with Gasteiger partial charge in [0.05, 0.1) is 8.76 Å². The Balaban J connectivity index is -0.000000885. The van der Waals surface area contributed by atoms with E-state index in [-0.39, 0.29) is 52.0 Å². The fourth-order valence-electron chi connectivity index (χ4n) is 3.13. The van der Waals surface area contributed by atoms with Gasteiger partial charge >= 0.3 is 18.3 Å². The number of carbonyl (C=O) groups excluding carboxylic acids is 5.